The number of aromatic amines is 1. The summed E-state index contributed by atoms with van der Waals surface area (Å²) in [6.45, 7) is 2.07. The van der Waals surface area contributed by atoms with Crippen LogP contribution in [0, 0.1) is 0 Å². The second-order valence-electron chi connectivity index (χ2n) is 5.37. The first-order chi connectivity index (χ1) is 11.0. The first kappa shape index (κ1) is 16.7. The van der Waals surface area contributed by atoms with E-state index in [2.05, 4.69) is 22.2 Å². The number of carbonyl (C=O) groups is 1. The third-order valence-electron chi connectivity index (χ3n) is 3.59. The summed E-state index contributed by atoms with van der Waals surface area (Å²) in [5.74, 6) is -0.508. The fourth-order valence-corrected chi connectivity index (χ4v) is 2.27. The van der Waals surface area contributed by atoms with Crippen LogP contribution in [0.2, 0.25) is 0 Å². The van der Waals surface area contributed by atoms with Crippen LogP contribution in [0.5, 0.6) is 0 Å². The standard InChI is InChI=1S/C16H20N4O3/c1-3-4-7-13(11-6-5-8-17-9-11)18-14(21)12-10-20(2)16(23)19-15(12)22/h5-6,8-10,13H,3-4,7H2,1-2H3,(H,18,21)(H,19,22,23)/t13-/m1/s1. The molecule has 0 unspecified atom stereocenters. The zero-order valence-corrected chi connectivity index (χ0v) is 13.2. The Bertz CT molecular complexity index is 780. The predicted molar refractivity (Wildman–Crippen MR) is 86.3 cm³/mol. The summed E-state index contributed by atoms with van der Waals surface area (Å²) in [5.41, 5.74) is -0.444. The Morgan fingerprint density at radius 2 is 2.22 bits per heavy atom. The second-order valence-corrected chi connectivity index (χ2v) is 5.37. The third kappa shape index (κ3) is 4.15. The van der Waals surface area contributed by atoms with Gasteiger partial charge in [0, 0.05) is 25.6 Å². The van der Waals surface area contributed by atoms with Gasteiger partial charge in [0.25, 0.3) is 11.5 Å². The Balaban J connectivity index is 2.26. The Labute approximate surface area is 133 Å². The predicted octanol–water partition coefficient (Wildman–Crippen LogP) is 1.13. The van der Waals surface area contributed by atoms with Gasteiger partial charge in [-0.15, -0.1) is 0 Å². The second kappa shape index (κ2) is 7.53. The summed E-state index contributed by atoms with van der Waals surface area (Å²) >= 11 is 0. The molecule has 23 heavy (non-hydrogen) atoms. The Morgan fingerprint density at radius 3 is 2.87 bits per heavy atom. The van der Waals surface area contributed by atoms with E-state index >= 15 is 0 Å². The van der Waals surface area contributed by atoms with E-state index in [4.69, 9.17) is 0 Å². The van der Waals surface area contributed by atoms with Crippen LogP contribution in [-0.2, 0) is 7.05 Å². The molecule has 0 aliphatic rings. The molecule has 2 N–H and O–H groups in total. The van der Waals surface area contributed by atoms with E-state index in [1.165, 1.54) is 17.8 Å². The molecule has 0 bridgehead atoms. The van der Waals surface area contributed by atoms with Crippen molar-refractivity contribution in [3.63, 3.8) is 0 Å². The van der Waals surface area contributed by atoms with Crippen molar-refractivity contribution in [1.82, 2.24) is 19.9 Å². The molecule has 0 spiro atoms. The van der Waals surface area contributed by atoms with Crippen molar-refractivity contribution in [3.8, 4) is 0 Å². The molecule has 1 atom stereocenters. The van der Waals surface area contributed by atoms with Crippen LogP contribution in [0.15, 0.2) is 40.3 Å². The fraction of sp³-hybridized carbons (Fsp3) is 0.375. The number of amides is 1. The summed E-state index contributed by atoms with van der Waals surface area (Å²) in [5, 5.41) is 2.86. The maximum absolute atomic E-state index is 12.4. The average Bonchev–Trinajstić information content (AvgIpc) is 2.55. The van der Waals surface area contributed by atoms with E-state index in [-0.39, 0.29) is 11.6 Å². The summed E-state index contributed by atoms with van der Waals surface area (Å²) in [6.07, 6.45) is 7.29. The van der Waals surface area contributed by atoms with E-state index in [1.54, 1.807) is 18.5 Å². The van der Waals surface area contributed by atoms with Crippen molar-refractivity contribution in [2.24, 2.45) is 7.05 Å². The molecule has 0 saturated carbocycles. The van der Waals surface area contributed by atoms with Crippen LogP contribution in [0.3, 0.4) is 0 Å². The van der Waals surface area contributed by atoms with Crippen LogP contribution < -0.4 is 16.6 Å². The first-order valence-corrected chi connectivity index (χ1v) is 7.53. The summed E-state index contributed by atoms with van der Waals surface area (Å²) < 4.78 is 1.17. The largest absolute Gasteiger partial charge is 0.345 e. The van der Waals surface area contributed by atoms with E-state index in [9.17, 15) is 14.4 Å². The summed E-state index contributed by atoms with van der Waals surface area (Å²) in [6, 6.07) is 3.46. The number of unbranched alkanes of at least 4 members (excludes halogenated alkanes) is 1. The topological polar surface area (TPSA) is 96.9 Å². The number of aromatic nitrogens is 3. The zero-order chi connectivity index (χ0) is 16.8. The molecule has 2 aromatic rings. The number of hydrogen-bond donors (Lipinski definition) is 2. The van der Waals surface area contributed by atoms with E-state index in [0.717, 1.165) is 24.8 Å². The molecule has 0 radical (unpaired) electrons. The van der Waals surface area contributed by atoms with Gasteiger partial charge in [-0.3, -0.25) is 19.6 Å². The van der Waals surface area contributed by atoms with Gasteiger partial charge in [0.1, 0.15) is 5.56 Å². The van der Waals surface area contributed by atoms with Gasteiger partial charge in [0.2, 0.25) is 0 Å². The fourth-order valence-electron chi connectivity index (χ4n) is 2.27. The molecule has 122 valence electrons. The van der Waals surface area contributed by atoms with Crippen molar-refractivity contribution in [1.29, 1.82) is 0 Å². The molecule has 2 heterocycles. The van der Waals surface area contributed by atoms with Crippen molar-refractivity contribution < 1.29 is 4.79 Å². The SMILES string of the molecule is CCCC[C@@H](NC(=O)c1cn(C)c(=O)[nH]c1=O)c1cccnc1. The van der Waals surface area contributed by atoms with Crippen LogP contribution in [0.1, 0.15) is 48.1 Å². The molecule has 7 heteroatoms. The van der Waals surface area contributed by atoms with Gasteiger partial charge in [0.15, 0.2) is 0 Å². The van der Waals surface area contributed by atoms with E-state index in [0.29, 0.717) is 0 Å². The summed E-state index contributed by atoms with van der Waals surface area (Å²) in [4.78, 5) is 41.8. The molecule has 0 aliphatic heterocycles. The van der Waals surface area contributed by atoms with Crippen LogP contribution >= 0.6 is 0 Å². The van der Waals surface area contributed by atoms with Gasteiger partial charge in [-0.2, -0.15) is 0 Å². The lowest BCUT2D eigenvalue weighted by molar-refractivity contribution is 0.0931. The maximum atomic E-state index is 12.4. The highest BCUT2D eigenvalue weighted by Gasteiger charge is 2.18. The molecule has 2 rings (SSSR count). The third-order valence-corrected chi connectivity index (χ3v) is 3.59. The van der Waals surface area contributed by atoms with Gasteiger partial charge in [-0.05, 0) is 18.1 Å². The van der Waals surface area contributed by atoms with Gasteiger partial charge in [-0.25, -0.2) is 4.79 Å². The normalized spacial score (nSPS) is 11.9. The maximum Gasteiger partial charge on any atom is 0.328 e. The van der Waals surface area contributed by atoms with Gasteiger partial charge in [-0.1, -0.05) is 25.8 Å². The van der Waals surface area contributed by atoms with Gasteiger partial charge < -0.3 is 9.88 Å². The minimum absolute atomic E-state index is 0.0857. The van der Waals surface area contributed by atoms with Crippen LogP contribution in [-0.4, -0.2) is 20.4 Å². The van der Waals surface area contributed by atoms with Crippen LogP contribution in [0.4, 0.5) is 0 Å². The van der Waals surface area contributed by atoms with Crippen molar-refractivity contribution in [3.05, 3.63) is 62.7 Å². The molecule has 1 amide bonds. The van der Waals surface area contributed by atoms with Gasteiger partial charge >= 0.3 is 5.69 Å². The number of rotatable bonds is 6. The minimum atomic E-state index is -0.689. The van der Waals surface area contributed by atoms with Crippen LogP contribution in [0.25, 0.3) is 0 Å². The van der Waals surface area contributed by atoms with Crippen molar-refractivity contribution in [2.45, 2.75) is 32.2 Å². The highest BCUT2D eigenvalue weighted by Crippen LogP contribution is 2.18. The molecular weight excluding hydrogens is 296 g/mol. The van der Waals surface area contributed by atoms with E-state index in [1.807, 2.05) is 6.07 Å². The lowest BCUT2D eigenvalue weighted by Gasteiger charge is -2.18. The molecule has 2 aromatic heterocycles. The summed E-state index contributed by atoms with van der Waals surface area (Å²) in [7, 11) is 1.48. The Kier molecular flexibility index (Phi) is 5.46. The smallest absolute Gasteiger partial charge is 0.328 e. The van der Waals surface area contributed by atoms with Gasteiger partial charge in [0.05, 0.1) is 6.04 Å². The highest BCUT2D eigenvalue weighted by atomic mass is 16.2. The number of pyridine rings is 1. The first-order valence-electron chi connectivity index (χ1n) is 7.53. The number of aryl methyl sites for hydroxylation is 1. The minimum Gasteiger partial charge on any atom is -0.345 e. The number of nitrogens with one attached hydrogen (secondary N) is 2. The Hall–Kier alpha value is -2.70. The number of nitrogens with zero attached hydrogens (tertiary/aromatic N) is 2. The molecule has 0 fully saturated rings. The van der Waals surface area contributed by atoms with Crippen molar-refractivity contribution in [2.75, 3.05) is 0 Å². The zero-order valence-electron chi connectivity index (χ0n) is 13.2. The molecule has 0 saturated heterocycles. The number of carbonyl (C=O) groups excluding carboxylic acids is 1. The number of hydrogen-bond acceptors (Lipinski definition) is 4. The quantitative estimate of drug-likeness (QED) is 0.835. The Morgan fingerprint density at radius 1 is 1.43 bits per heavy atom. The lowest BCUT2D eigenvalue weighted by Crippen LogP contribution is -2.37. The molecule has 7 nitrogen and oxygen atoms in total. The molecular formula is C16H20N4O3. The van der Waals surface area contributed by atoms with Crippen molar-refractivity contribution >= 4 is 5.91 Å². The number of H-pyrrole nitrogens is 1. The highest BCUT2D eigenvalue weighted by molar-refractivity contribution is 5.93. The van der Waals surface area contributed by atoms with E-state index < -0.39 is 17.2 Å². The monoisotopic (exact) mass is 316 g/mol. The lowest BCUT2D eigenvalue weighted by atomic mass is 10.0. The molecule has 0 aliphatic carbocycles. The average molecular weight is 316 g/mol. The molecule has 0 aromatic carbocycles.